The molecule has 0 radical (unpaired) electrons. The standard InChI is InChI=1S/C12H17NO2S/c1-8-6-10-11(13-3)4-5-16(14,15)12(10)7-9(8)2/h6-7,11,13H,4-5H2,1-3H3. The molecule has 0 saturated carbocycles. The molecule has 0 fully saturated rings. The maximum atomic E-state index is 12.0. The van der Waals surface area contributed by atoms with Crippen LogP contribution in [0.1, 0.15) is 29.2 Å². The zero-order valence-electron chi connectivity index (χ0n) is 9.87. The molecule has 1 N–H and O–H groups in total. The first-order valence-electron chi connectivity index (χ1n) is 5.47. The Hall–Kier alpha value is -0.870. The Bertz CT molecular complexity index is 520. The monoisotopic (exact) mass is 239 g/mol. The van der Waals surface area contributed by atoms with Crippen molar-refractivity contribution in [1.82, 2.24) is 5.32 Å². The number of benzene rings is 1. The minimum atomic E-state index is -3.06. The normalized spacial score (nSPS) is 22.8. The summed E-state index contributed by atoms with van der Waals surface area (Å²) in [6.07, 6.45) is 0.661. The van der Waals surface area contributed by atoms with Crippen molar-refractivity contribution >= 4 is 9.84 Å². The first kappa shape index (κ1) is 11.6. The molecule has 0 amide bonds. The Balaban J connectivity index is 2.69. The average molecular weight is 239 g/mol. The Morgan fingerprint density at radius 2 is 1.88 bits per heavy atom. The van der Waals surface area contributed by atoms with Crippen LogP contribution in [0.3, 0.4) is 0 Å². The maximum absolute atomic E-state index is 12.0. The van der Waals surface area contributed by atoms with Crippen molar-refractivity contribution in [3.63, 3.8) is 0 Å². The van der Waals surface area contributed by atoms with Crippen LogP contribution in [0.4, 0.5) is 0 Å². The third kappa shape index (κ3) is 1.76. The Morgan fingerprint density at radius 1 is 1.25 bits per heavy atom. The predicted octanol–water partition coefficient (Wildman–Crippen LogP) is 1.74. The number of nitrogens with one attached hydrogen (secondary N) is 1. The molecule has 0 aromatic heterocycles. The van der Waals surface area contributed by atoms with Crippen molar-refractivity contribution in [2.45, 2.75) is 31.2 Å². The largest absolute Gasteiger partial charge is 0.313 e. The maximum Gasteiger partial charge on any atom is 0.178 e. The van der Waals surface area contributed by atoms with Crippen LogP contribution in [0.15, 0.2) is 17.0 Å². The van der Waals surface area contributed by atoms with Gasteiger partial charge in [-0.2, -0.15) is 0 Å². The first-order valence-corrected chi connectivity index (χ1v) is 7.12. The summed E-state index contributed by atoms with van der Waals surface area (Å²) in [5.41, 5.74) is 3.12. The molecule has 0 saturated heterocycles. The van der Waals surface area contributed by atoms with Gasteiger partial charge in [0, 0.05) is 6.04 Å². The molecule has 0 aliphatic carbocycles. The van der Waals surface area contributed by atoms with Gasteiger partial charge < -0.3 is 5.32 Å². The van der Waals surface area contributed by atoms with Crippen LogP contribution < -0.4 is 5.32 Å². The van der Waals surface area contributed by atoms with Crippen molar-refractivity contribution < 1.29 is 8.42 Å². The smallest absolute Gasteiger partial charge is 0.178 e. The highest BCUT2D eigenvalue weighted by molar-refractivity contribution is 7.91. The molecule has 0 spiro atoms. The van der Waals surface area contributed by atoms with Crippen LogP contribution in [-0.4, -0.2) is 21.2 Å². The third-order valence-corrected chi connectivity index (χ3v) is 5.16. The van der Waals surface area contributed by atoms with E-state index in [1.54, 1.807) is 0 Å². The summed E-state index contributed by atoms with van der Waals surface area (Å²) >= 11 is 0. The number of sulfone groups is 1. The summed E-state index contributed by atoms with van der Waals surface area (Å²) in [6.45, 7) is 3.97. The molecule has 1 aromatic rings. The van der Waals surface area contributed by atoms with Crippen LogP contribution in [0.25, 0.3) is 0 Å². The van der Waals surface area contributed by atoms with E-state index >= 15 is 0 Å². The number of hydrogen-bond donors (Lipinski definition) is 1. The molecule has 2 rings (SSSR count). The molecule has 1 unspecified atom stereocenters. The highest BCUT2D eigenvalue weighted by Gasteiger charge is 2.29. The van der Waals surface area contributed by atoms with Gasteiger partial charge in [0.05, 0.1) is 10.6 Å². The molecule has 3 nitrogen and oxygen atoms in total. The van der Waals surface area contributed by atoms with Gasteiger partial charge in [0.2, 0.25) is 0 Å². The minimum Gasteiger partial charge on any atom is -0.313 e. The van der Waals surface area contributed by atoms with E-state index in [9.17, 15) is 8.42 Å². The summed E-state index contributed by atoms with van der Waals surface area (Å²) in [5.74, 6) is 0.244. The van der Waals surface area contributed by atoms with Gasteiger partial charge in [-0.1, -0.05) is 6.07 Å². The van der Waals surface area contributed by atoms with Gasteiger partial charge in [0.1, 0.15) is 0 Å². The van der Waals surface area contributed by atoms with Gasteiger partial charge in [0.15, 0.2) is 9.84 Å². The molecule has 16 heavy (non-hydrogen) atoms. The number of hydrogen-bond acceptors (Lipinski definition) is 3. The van der Waals surface area contributed by atoms with Gasteiger partial charge in [-0.25, -0.2) is 8.42 Å². The first-order chi connectivity index (χ1) is 7.45. The van der Waals surface area contributed by atoms with E-state index < -0.39 is 9.84 Å². The van der Waals surface area contributed by atoms with Gasteiger partial charge in [-0.3, -0.25) is 0 Å². The fourth-order valence-electron chi connectivity index (χ4n) is 2.19. The number of fused-ring (bicyclic) bond motifs is 1. The molecule has 4 heteroatoms. The van der Waals surface area contributed by atoms with Crippen LogP contribution in [0, 0.1) is 13.8 Å². The second-order valence-electron chi connectivity index (χ2n) is 4.42. The fourth-order valence-corrected chi connectivity index (χ4v) is 3.87. The van der Waals surface area contributed by atoms with Crippen LogP contribution in [0.5, 0.6) is 0 Å². The summed E-state index contributed by atoms with van der Waals surface area (Å²) < 4.78 is 23.9. The second kappa shape index (κ2) is 3.86. The lowest BCUT2D eigenvalue weighted by Gasteiger charge is -2.26. The third-order valence-electron chi connectivity index (χ3n) is 3.36. The van der Waals surface area contributed by atoms with E-state index in [-0.39, 0.29) is 11.8 Å². The van der Waals surface area contributed by atoms with Crippen molar-refractivity contribution in [2.24, 2.45) is 0 Å². The highest BCUT2D eigenvalue weighted by atomic mass is 32.2. The predicted molar refractivity (Wildman–Crippen MR) is 64.4 cm³/mol. The fraction of sp³-hybridized carbons (Fsp3) is 0.500. The lowest BCUT2D eigenvalue weighted by molar-refractivity contribution is 0.528. The molecular weight excluding hydrogens is 222 g/mol. The minimum absolute atomic E-state index is 0.165. The topological polar surface area (TPSA) is 46.2 Å². The van der Waals surface area contributed by atoms with Crippen LogP contribution >= 0.6 is 0 Å². The molecular formula is C12H17NO2S. The molecule has 1 aliphatic heterocycles. The SMILES string of the molecule is CNC1CCS(=O)(=O)c2cc(C)c(C)cc21. The summed E-state index contributed by atoms with van der Waals surface area (Å²) in [7, 11) is -1.19. The van der Waals surface area contributed by atoms with Crippen LogP contribution in [0.2, 0.25) is 0 Å². The Morgan fingerprint density at radius 3 is 2.50 bits per heavy atom. The van der Waals surface area contributed by atoms with E-state index in [0.717, 1.165) is 16.7 Å². The molecule has 1 aliphatic rings. The van der Waals surface area contributed by atoms with E-state index in [1.165, 1.54) is 0 Å². The molecule has 1 aromatic carbocycles. The summed E-state index contributed by atoms with van der Waals surface area (Å²) in [6, 6.07) is 3.98. The molecule has 1 heterocycles. The number of rotatable bonds is 1. The van der Waals surface area contributed by atoms with Crippen molar-refractivity contribution in [3.8, 4) is 0 Å². The van der Waals surface area contributed by atoms with Gasteiger partial charge >= 0.3 is 0 Å². The molecule has 0 bridgehead atoms. The zero-order valence-corrected chi connectivity index (χ0v) is 10.7. The van der Waals surface area contributed by atoms with E-state index in [2.05, 4.69) is 5.32 Å². The summed E-state index contributed by atoms with van der Waals surface area (Å²) in [4.78, 5) is 0.515. The van der Waals surface area contributed by atoms with Gasteiger partial charge in [0.25, 0.3) is 0 Å². The van der Waals surface area contributed by atoms with Gasteiger partial charge in [-0.05, 0) is 50.1 Å². The molecule has 88 valence electrons. The summed E-state index contributed by atoms with van der Waals surface area (Å²) in [5, 5.41) is 3.18. The Labute approximate surface area is 96.8 Å². The highest BCUT2D eigenvalue weighted by Crippen LogP contribution is 2.33. The van der Waals surface area contributed by atoms with Crippen molar-refractivity contribution in [2.75, 3.05) is 12.8 Å². The average Bonchev–Trinajstić information content (AvgIpc) is 2.22. The van der Waals surface area contributed by atoms with E-state index in [4.69, 9.17) is 0 Å². The van der Waals surface area contributed by atoms with Crippen LogP contribution in [-0.2, 0) is 9.84 Å². The van der Waals surface area contributed by atoms with Gasteiger partial charge in [-0.15, -0.1) is 0 Å². The van der Waals surface area contributed by atoms with E-state index in [0.29, 0.717) is 11.3 Å². The Kier molecular flexibility index (Phi) is 2.80. The molecule has 1 atom stereocenters. The quantitative estimate of drug-likeness (QED) is 0.812. The number of aryl methyl sites for hydroxylation is 2. The zero-order chi connectivity index (χ0) is 11.9. The lowest BCUT2D eigenvalue weighted by atomic mass is 9.99. The van der Waals surface area contributed by atoms with Crippen molar-refractivity contribution in [3.05, 3.63) is 28.8 Å². The lowest BCUT2D eigenvalue weighted by Crippen LogP contribution is -2.27. The second-order valence-corrected chi connectivity index (χ2v) is 6.50. The van der Waals surface area contributed by atoms with E-state index in [1.807, 2.05) is 33.0 Å². The van der Waals surface area contributed by atoms with Crippen molar-refractivity contribution in [1.29, 1.82) is 0 Å².